The number of amides is 3. The minimum Gasteiger partial charge on any atom is -0.444 e. The minimum absolute atomic E-state index is 0.00301. The third-order valence-electron chi connectivity index (χ3n) is 10.6. The van der Waals surface area contributed by atoms with Crippen LogP contribution in [0, 0.1) is 0 Å². The van der Waals surface area contributed by atoms with E-state index < -0.39 is 25.6 Å². The van der Waals surface area contributed by atoms with Crippen molar-refractivity contribution in [3.63, 3.8) is 0 Å². The summed E-state index contributed by atoms with van der Waals surface area (Å²) in [6.45, 7) is 15.7. The summed E-state index contributed by atoms with van der Waals surface area (Å²) in [5.74, 6) is -0.0276. The Morgan fingerprint density at radius 2 is 1.02 bits per heavy atom. The zero-order valence-corrected chi connectivity index (χ0v) is 41.7. The Kier molecular flexibility index (Phi) is 40.4. The molecule has 0 aromatic heterocycles. The van der Waals surface area contributed by atoms with Gasteiger partial charge in [-0.15, -0.1) is 6.58 Å². The molecule has 0 aliphatic rings. The van der Waals surface area contributed by atoms with Crippen molar-refractivity contribution in [3.05, 3.63) is 12.7 Å². The van der Waals surface area contributed by atoms with Crippen LogP contribution in [-0.2, 0) is 37.2 Å². The van der Waals surface area contributed by atoms with Gasteiger partial charge in [0.1, 0.15) is 5.60 Å². The molecule has 3 amide bonds. The van der Waals surface area contributed by atoms with Gasteiger partial charge in [0.15, 0.2) is 0 Å². The van der Waals surface area contributed by atoms with Crippen LogP contribution in [0.2, 0.25) is 0 Å². The number of ether oxygens (including phenoxy) is 2. The standard InChI is InChI=1S/C49H96N3O9P/c1-8-12-15-18-20-22-23-25-27-30-33-36-47(54)52-45(43-60-62(56,58-39-11-4)59-41-38-50-48(55)61-49(5,6)7)42-57-40-37-44(34-31-28-17-14-10-3)51-46(53)35-32-29-26-24-21-19-16-13-9-2/h11,44-45H,4,8-10,12-43H2,1-3,5-7H3,(H,50,55)(H,51,53)(H,52,54)/t44-,45-,62?/m1/s1. The largest absolute Gasteiger partial charge is 0.475 e. The lowest BCUT2D eigenvalue weighted by Crippen LogP contribution is -2.42. The molecular weight excluding hydrogens is 806 g/mol. The highest BCUT2D eigenvalue weighted by molar-refractivity contribution is 7.48. The van der Waals surface area contributed by atoms with Gasteiger partial charge in [0, 0.05) is 32.0 Å². The zero-order valence-electron chi connectivity index (χ0n) is 40.8. The Morgan fingerprint density at radius 3 is 1.48 bits per heavy atom. The second-order valence-corrected chi connectivity index (χ2v) is 19.7. The number of nitrogens with one attached hydrogen (secondary N) is 3. The van der Waals surface area contributed by atoms with Crippen LogP contribution in [0.15, 0.2) is 12.7 Å². The van der Waals surface area contributed by atoms with Crippen LogP contribution in [0.3, 0.4) is 0 Å². The molecule has 0 heterocycles. The van der Waals surface area contributed by atoms with E-state index in [1.165, 1.54) is 122 Å². The van der Waals surface area contributed by atoms with Crippen LogP contribution >= 0.6 is 7.82 Å². The maximum atomic E-state index is 13.6. The minimum atomic E-state index is -4.11. The highest BCUT2D eigenvalue weighted by atomic mass is 31.2. The summed E-state index contributed by atoms with van der Waals surface area (Å²) >= 11 is 0. The third kappa shape index (κ3) is 40.8. The number of phosphoric ester groups is 1. The third-order valence-corrected chi connectivity index (χ3v) is 12.1. The van der Waals surface area contributed by atoms with Crippen molar-refractivity contribution in [2.75, 3.05) is 39.6 Å². The number of alkyl carbamates (subject to hydrolysis) is 1. The second kappa shape index (κ2) is 41.7. The van der Waals surface area contributed by atoms with E-state index in [2.05, 4.69) is 43.3 Å². The lowest BCUT2D eigenvalue weighted by molar-refractivity contribution is -0.123. The van der Waals surface area contributed by atoms with Crippen molar-refractivity contribution < 1.29 is 42.0 Å². The number of phosphoric acid groups is 1. The maximum Gasteiger partial charge on any atom is 0.475 e. The smallest absolute Gasteiger partial charge is 0.444 e. The highest BCUT2D eigenvalue weighted by Gasteiger charge is 2.29. The van der Waals surface area contributed by atoms with Crippen molar-refractivity contribution in [2.45, 2.75) is 245 Å². The van der Waals surface area contributed by atoms with Crippen molar-refractivity contribution in [1.82, 2.24) is 16.0 Å². The Bertz CT molecular complexity index is 1140. The molecule has 0 spiro atoms. The highest BCUT2D eigenvalue weighted by Crippen LogP contribution is 2.49. The quantitative estimate of drug-likeness (QED) is 0.0308. The van der Waals surface area contributed by atoms with E-state index in [1.807, 2.05) is 0 Å². The Morgan fingerprint density at radius 1 is 0.565 bits per heavy atom. The fourth-order valence-electron chi connectivity index (χ4n) is 7.07. The van der Waals surface area contributed by atoms with Gasteiger partial charge in [0.25, 0.3) is 0 Å². The fourth-order valence-corrected chi connectivity index (χ4v) is 8.26. The molecule has 0 bridgehead atoms. The normalized spacial score (nSPS) is 13.6. The Labute approximate surface area is 380 Å². The molecule has 0 radical (unpaired) electrons. The number of unbranched alkanes of at least 4 members (excludes halogenated alkanes) is 22. The van der Waals surface area contributed by atoms with Gasteiger partial charge in [-0.1, -0.05) is 175 Å². The topological polar surface area (TPSA) is 151 Å². The summed E-state index contributed by atoms with van der Waals surface area (Å²) < 4.78 is 41.8. The molecule has 3 atom stereocenters. The molecule has 0 aliphatic carbocycles. The van der Waals surface area contributed by atoms with Crippen molar-refractivity contribution in [2.24, 2.45) is 0 Å². The number of hydrogen-bond acceptors (Lipinski definition) is 9. The first-order chi connectivity index (χ1) is 29.9. The summed E-state index contributed by atoms with van der Waals surface area (Å²) in [5, 5.41) is 8.88. The van der Waals surface area contributed by atoms with E-state index in [0.717, 1.165) is 51.4 Å². The average Bonchev–Trinajstić information content (AvgIpc) is 3.22. The van der Waals surface area contributed by atoms with E-state index in [4.69, 9.17) is 23.0 Å². The van der Waals surface area contributed by atoms with Gasteiger partial charge < -0.3 is 25.4 Å². The number of carbonyl (C=O) groups excluding carboxylic acids is 3. The predicted octanol–water partition coefficient (Wildman–Crippen LogP) is 13.2. The lowest BCUT2D eigenvalue weighted by Gasteiger charge is -2.24. The molecule has 0 saturated heterocycles. The van der Waals surface area contributed by atoms with Crippen LogP contribution in [0.5, 0.6) is 0 Å². The lowest BCUT2D eigenvalue weighted by atomic mass is 10.0. The molecule has 0 rings (SSSR count). The molecule has 366 valence electrons. The summed E-state index contributed by atoms with van der Waals surface area (Å²) in [6.07, 6.45) is 33.1. The maximum absolute atomic E-state index is 13.6. The van der Waals surface area contributed by atoms with E-state index in [9.17, 15) is 18.9 Å². The summed E-state index contributed by atoms with van der Waals surface area (Å²) in [7, 11) is -4.11. The van der Waals surface area contributed by atoms with Crippen molar-refractivity contribution >= 4 is 25.7 Å². The van der Waals surface area contributed by atoms with Crippen LogP contribution in [0.4, 0.5) is 4.79 Å². The molecule has 12 nitrogen and oxygen atoms in total. The van der Waals surface area contributed by atoms with E-state index in [0.29, 0.717) is 25.9 Å². The van der Waals surface area contributed by atoms with E-state index >= 15 is 0 Å². The molecule has 0 aromatic rings. The molecule has 0 aliphatic heterocycles. The van der Waals surface area contributed by atoms with Crippen molar-refractivity contribution in [1.29, 1.82) is 0 Å². The first kappa shape index (κ1) is 60.0. The Balaban J connectivity index is 5.32. The fraction of sp³-hybridized carbons (Fsp3) is 0.898. The summed E-state index contributed by atoms with van der Waals surface area (Å²) in [5.41, 5.74) is -0.666. The van der Waals surface area contributed by atoms with Gasteiger partial charge >= 0.3 is 13.9 Å². The van der Waals surface area contributed by atoms with Gasteiger partial charge in [-0.2, -0.15) is 0 Å². The van der Waals surface area contributed by atoms with Gasteiger partial charge in [0.05, 0.1) is 32.5 Å². The van der Waals surface area contributed by atoms with Gasteiger partial charge in [-0.05, 0) is 46.5 Å². The first-order valence-electron chi connectivity index (χ1n) is 25.2. The molecule has 0 saturated carbocycles. The van der Waals surface area contributed by atoms with Crippen LogP contribution in [-0.4, -0.2) is 75.2 Å². The summed E-state index contributed by atoms with van der Waals surface area (Å²) in [4.78, 5) is 38.3. The van der Waals surface area contributed by atoms with Gasteiger partial charge in [-0.25, -0.2) is 9.36 Å². The van der Waals surface area contributed by atoms with E-state index in [-0.39, 0.29) is 50.8 Å². The van der Waals surface area contributed by atoms with Crippen molar-refractivity contribution in [3.8, 4) is 0 Å². The molecule has 0 fully saturated rings. The predicted molar refractivity (Wildman–Crippen MR) is 255 cm³/mol. The van der Waals surface area contributed by atoms with Gasteiger partial charge in [-0.3, -0.25) is 23.2 Å². The molecule has 62 heavy (non-hydrogen) atoms. The monoisotopic (exact) mass is 902 g/mol. The van der Waals surface area contributed by atoms with Crippen LogP contribution in [0.25, 0.3) is 0 Å². The number of carbonyl (C=O) groups is 3. The van der Waals surface area contributed by atoms with Crippen LogP contribution in [0.1, 0.15) is 228 Å². The molecule has 1 unspecified atom stereocenters. The zero-order chi connectivity index (χ0) is 46.0. The van der Waals surface area contributed by atoms with Gasteiger partial charge in [0.2, 0.25) is 11.8 Å². The first-order valence-corrected chi connectivity index (χ1v) is 26.6. The SMILES string of the molecule is C=CCOP(=O)(OCCNC(=O)OC(C)(C)C)OC[C@@H](COCC[C@@H](CCCCCCC)NC(=O)CCCCCCCCCCC)NC(=O)CCCCCCCCCCCCC. The number of hydrogen-bond donors (Lipinski definition) is 3. The summed E-state index contributed by atoms with van der Waals surface area (Å²) in [6, 6.07) is -0.628. The molecule has 3 N–H and O–H groups in total. The number of rotatable bonds is 45. The molecular formula is C49H96N3O9P. The Hall–Kier alpha value is -1.98. The molecule has 13 heteroatoms. The second-order valence-electron chi connectivity index (χ2n) is 18.0. The van der Waals surface area contributed by atoms with Crippen LogP contribution < -0.4 is 16.0 Å². The van der Waals surface area contributed by atoms with E-state index in [1.54, 1.807) is 20.8 Å². The molecule has 0 aromatic carbocycles. The average molecular weight is 902 g/mol.